The quantitative estimate of drug-likeness (QED) is 0.185. The van der Waals surface area contributed by atoms with Crippen molar-refractivity contribution in [2.24, 2.45) is 0 Å². The molecular formula is C33H32Cl2FN3O5S. The lowest BCUT2D eigenvalue weighted by Crippen LogP contribution is -2.53. The molecule has 4 aromatic carbocycles. The molecule has 2 amide bonds. The molecule has 8 nitrogen and oxygen atoms in total. The predicted octanol–water partition coefficient (Wildman–Crippen LogP) is 6.11. The number of likely N-dealkylation sites (N-methyl/N-ethyl adjacent to an activating group) is 1. The van der Waals surface area contributed by atoms with E-state index in [0.717, 1.165) is 22.0 Å². The minimum Gasteiger partial charge on any atom is -0.494 e. The zero-order valence-corrected chi connectivity index (χ0v) is 26.9. The van der Waals surface area contributed by atoms with Crippen LogP contribution in [0.4, 0.5) is 10.1 Å². The molecule has 0 aliphatic heterocycles. The smallest absolute Gasteiger partial charge is 0.264 e. The molecule has 1 atom stereocenters. The number of nitrogens with zero attached hydrogens (tertiary/aromatic N) is 2. The van der Waals surface area contributed by atoms with Gasteiger partial charge in [0.25, 0.3) is 10.0 Å². The lowest BCUT2D eigenvalue weighted by Gasteiger charge is -2.33. The molecule has 0 saturated heterocycles. The van der Waals surface area contributed by atoms with Gasteiger partial charge in [0.15, 0.2) is 0 Å². The molecule has 45 heavy (non-hydrogen) atoms. The molecule has 0 spiro atoms. The number of hydrogen-bond acceptors (Lipinski definition) is 5. The third-order valence-corrected chi connectivity index (χ3v) is 9.36. The maximum Gasteiger partial charge on any atom is 0.264 e. The van der Waals surface area contributed by atoms with Crippen LogP contribution in [0.3, 0.4) is 0 Å². The average Bonchev–Trinajstić information content (AvgIpc) is 3.03. The summed E-state index contributed by atoms with van der Waals surface area (Å²) in [7, 11) is -2.90. The first-order valence-corrected chi connectivity index (χ1v) is 16.2. The summed E-state index contributed by atoms with van der Waals surface area (Å²) in [4.78, 5) is 28.9. The molecule has 0 fully saturated rings. The predicted molar refractivity (Wildman–Crippen MR) is 174 cm³/mol. The van der Waals surface area contributed by atoms with Crippen LogP contribution in [0, 0.1) is 5.82 Å². The Morgan fingerprint density at radius 1 is 0.933 bits per heavy atom. The lowest BCUT2D eigenvalue weighted by molar-refractivity contribution is -0.139. The first-order chi connectivity index (χ1) is 21.5. The topological polar surface area (TPSA) is 96.0 Å². The molecule has 0 bridgehead atoms. The van der Waals surface area contributed by atoms with Gasteiger partial charge in [0.2, 0.25) is 11.8 Å². The molecule has 0 saturated carbocycles. The molecule has 0 aliphatic rings. The number of carbonyl (C=O) groups is 2. The van der Waals surface area contributed by atoms with Gasteiger partial charge in [-0.05, 0) is 78.7 Å². The summed E-state index contributed by atoms with van der Waals surface area (Å²) in [6, 6.07) is 23.4. The molecule has 0 aromatic heterocycles. The molecule has 4 aromatic rings. The minimum absolute atomic E-state index is 0.0580. The van der Waals surface area contributed by atoms with Gasteiger partial charge in [-0.1, -0.05) is 59.6 Å². The summed E-state index contributed by atoms with van der Waals surface area (Å²) in [5.41, 5.74) is 1.34. The maximum absolute atomic E-state index is 14.3. The van der Waals surface area contributed by atoms with Gasteiger partial charge in [0, 0.05) is 30.1 Å². The fourth-order valence-corrected chi connectivity index (χ4v) is 6.57. The van der Waals surface area contributed by atoms with E-state index in [4.69, 9.17) is 27.9 Å². The average molecular weight is 673 g/mol. The van der Waals surface area contributed by atoms with E-state index in [1.807, 2.05) is 30.3 Å². The van der Waals surface area contributed by atoms with E-state index >= 15 is 0 Å². The van der Waals surface area contributed by atoms with Crippen molar-refractivity contribution in [3.8, 4) is 5.75 Å². The van der Waals surface area contributed by atoms with Crippen LogP contribution in [0.5, 0.6) is 5.75 Å². The first kappa shape index (κ1) is 33.8. The summed E-state index contributed by atoms with van der Waals surface area (Å²) in [5.74, 6) is -1.25. The summed E-state index contributed by atoms with van der Waals surface area (Å²) in [5, 5.41) is 3.28. The number of benzene rings is 4. The lowest BCUT2D eigenvalue weighted by atomic mass is 10.0. The number of ether oxygens (including phenoxy) is 1. The van der Waals surface area contributed by atoms with E-state index in [-0.39, 0.29) is 28.6 Å². The largest absolute Gasteiger partial charge is 0.494 e. The van der Waals surface area contributed by atoms with Crippen molar-refractivity contribution in [3.05, 3.63) is 124 Å². The summed E-state index contributed by atoms with van der Waals surface area (Å²) < 4.78 is 48.3. The van der Waals surface area contributed by atoms with Crippen molar-refractivity contribution in [3.63, 3.8) is 0 Å². The zero-order valence-electron chi connectivity index (χ0n) is 24.6. The standard InChI is InChI=1S/C33H32Cl2FN3O5S/c1-3-44-28-15-17-29(18-16-28)45(42,43)39(27-13-11-26(36)12-14-27)22-32(40)38(21-24-9-10-25(34)20-30(24)35)31(33(41)37-2)19-23-7-5-4-6-8-23/h4-18,20,31H,3,19,21-22H2,1-2H3,(H,37,41)/t31-/m0/s1. The van der Waals surface area contributed by atoms with E-state index in [0.29, 0.717) is 22.9 Å². The highest BCUT2D eigenvalue weighted by molar-refractivity contribution is 7.92. The van der Waals surface area contributed by atoms with Gasteiger partial charge >= 0.3 is 0 Å². The molecule has 236 valence electrons. The van der Waals surface area contributed by atoms with Crippen LogP contribution in [-0.2, 0) is 32.6 Å². The van der Waals surface area contributed by atoms with Crippen LogP contribution in [0.25, 0.3) is 0 Å². The second-order valence-electron chi connectivity index (χ2n) is 9.97. The van der Waals surface area contributed by atoms with Crippen LogP contribution in [0.2, 0.25) is 10.0 Å². The van der Waals surface area contributed by atoms with Gasteiger partial charge in [-0.25, -0.2) is 12.8 Å². The number of amides is 2. The molecule has 4 rings (SSSR count). The Morgan fingerprint density at radius 2 is 1.60 bits per heavy atom. The normalized spacial score (nSPS) is 11.8. The molecule has 1 N–H and O–H groups in total. The molecule has 0 aliphatic carbocycles. The number of carbonyl (C=O) groups excluding carboxylic acids is 2. The third-order valence-electron chi connectivity index (χ3n) is 6.99. The zero-order chi connectivity index (χ0) is 32.6. The molecule has 0 unspecified atom stereocenters. The monoisotopic (exact) mass is 671 g/mol. The minimum atomic E-state index is -4.36. The Hall–Kier alpha value is -4.12. The van der Waals surface area contributed by atoms with Gasteiger partial charge < -0.3 is 15.0 Å². The first-order valence-electron chi connectivity index (χ1n) is 14.0. The van der Waals surface area contributed by atoms with E-state index in [1.165, 1.54) is 54.4 Å². The van der Waals surface area contributed by atoms with Gasteiger partial charge in [-0.15, -0.1) is 0 Å². The SMILES string of the molecule is CCOc1ccc(S(=O)(=O)N(CC(=O)N(Cc2ccc(Cl)cc2Cl)[C@@H](Cc2ccccc2)C(=O)NC)c2ccc(F)cc2)cc1. The van der Waals surface area contributed by atoms with Crippen molar-refractivity contribution >= 4 is 50.7 Å². The van der Waals surface area contributed by atoms with Crippen LogP contribution in [0.15, 0.2) is 102 Å². The van der Waals surface area contributed by atoms with Crippen molar-refractivity contribution in [2.75, 3.05) is 24.5 Å². The summed E-state index contributed by atoms with van der Waals surface area (Å²) in [6.45, 7) is 1.37. The van der Waals surface area contributed by atoms with Crippen molar-refractivity contribution < 1.29 is 27.1 Å². The highest BCUT2D eigenvalue weighted by Gasteiger charge is 2.34. The molecule has 12 heteroatoms. The van der Waals surface area contributed by atoms with E-state index < -0.39 is 40.2 Å². The van der Waals surface area contributed by atoms with E-state index in [2.05, 4.69) is 5.32 Å². The fraction of sp³-hybridized carbons (Fsp3) is 0.212. The van der Waals surface area contributed by atoms with Crippen LogP contribution in [0.1, 0.15) is 18.1 Å². The van der Waals surface area contributed by atoms with E-state index in [1.54, 1.807) is 19.1 Å². The fourth-order valence-electron chi connectivity index (χ4n) is 4.69. The highest BCUT2D eigenvalue weighted by atomic mass is 35.5. The van der Waals surface area contributed by atoms with Crippen LogP contribution < -0.4 is 14.4 Å². The molecule has 0 radical (unpaired) electrons. The third kappa shape index (κ3) is 8.54. The second kappa shape index (κ2) is 15.2. The van der Waals surface area contributed by atoms with Crippen molar-refractivity contribution in [1.29, 1.82) is 0 Å². The maximum atomic E-state index is 14.3. The summed E-state index contributed by atoms with van der Waals surface area (Å²) >= 11 is 12.6. The van der Waals surface area contributed by atoms with Gasteiger partial charge in [-0.3, -0.25) is 13.9 Å². The Balaban J connectivity index is 1.79. The van der Waals surface area contributed by atoms with Crippen molar-refractivity contribution in [2.45, 2.75) is 30.8 Å². The van der Waals surface area contributed by atoms with Crippen LogP contribution in [-0.4, -0.2) is 51.4 Å². The number of nitrogens with one attached hydrogen (secondary N) is 1. The Morgan fingerprint density at radius 3 is 2.20 bits per heavy atom. The highest BCUT2D eigenvalue weighted by Crippen LogP contribution is 2.28. The number of sulfonamides is 1. The van der Waals surface area contributed by atoms with E-state index in [9.17, 15) is 22.4 Å². The Kier molecular flexibility index (Phi) is 11.4. The Labute approximate surface area is 272 Å². The number of rotatable bonds is 13. The van der Waals surface area contributed by atoms with Crippen molar-refractivity contribution in [1.82, 2.24) is 10.2 Å². The number of halogens is 3. The van der Waals surface area contributed by atoms with Gasteiger partial charge in [0.05, 0.1) is 17.2 Å². The summed E-state index contributed by atoms with van der Waals surface area (Å²) in [6.07, 6.45) is 0.139. The second-order valence-corrected chi connectivity index (χ2v) is 12.7. The van der Waals surface area contributed by atoms with Gasteiger partial charge in [-0.2, -0.15) is 0 Å². The molecule has 0 heterocycles. The van der Waals surface area contributed by atoms with Crippen LogP contribution >= 0.6 is 23.2 Å². The van der Waals surface area contributed by atoms with Gasteiger partial charge in [0.1, 0.15) is 24.2 Å². The number of hydrogen-bond donors (Lipinski definition) is 1. The Bertz CT molecular complexity index is 1720. The number of anilines is 1. The molecular weight excluding hydrogens is 640 g/mol.